The average Bonchev–Trinajstić information content (AvgIpc) is 3.46. The topological polar surface area (TPSA) is 61.8 Å². The fraction of sp³-hybridized carbons (Fsp3) is 0.857. The molecule has 182 valence electrons. The second-order valence-electron chi connectivity index (χ2n) is 13.9. The van der Waals surface area contributed by atoms with E-state index in [9.17, 15) is 9.59 Å². The Morgan fingerprint density at radius 2 is 1.27 bits per heavy atom. The minimum Gasteiger partial charge on any atom is -0.460 e. The van der Waals surface area contributed by atoms with Crippen LogP contribution in [0, 0.1) is 65.1 Å². The van der Waals surface area contributed by atoms with Crippen LogP contribution in [0.3, 0.4) is 0 Å². The van der Waals surface area contributed by atoms with Gasteiger partial charge in [0.05, 0.1) is 6.42 Å². The van der Waals surface area contributed by atoms with Gasteiger partial charge in [-0.15, -0.1) is 0 Å². The molecule has 0 radical (unpaired) electrons. The first-order chi connectivity index (χ1) is 15.4. The molecule has 0 N–H and O–H groups in total. The third-order valence-electron chi connectivity index (χ3n) is 9.92. The van der Waals surface area contributed by atoms with Gasteiger partial charge in [0.25, 0.3) is 0 Å². The Kier molecular flexibility index (Phi) is 4.67. The highest BCUT2D eigenvalue weighted by molar-refractivity contribution is 5.70. The van der Waals surface area contributed by atoms with Gasteiger partial charge in [0.2, 0.25) is 0 Å². The van der Waals surface area contributed by atoms with Crippen molar-refractivity contribution in [3.63, 3.8) is 0 Å². The molecular formula is C28H40O5. The second kappa shape index (κ2) is 7.01. The maximum absolute atomic E-state index is 12.9. The Labute approximate surface area is 198 Å². The highest BCUT2D eigenvalue weighted by atomic mass is 16.7. The molecule has 0 spiro atoms. The SMILES string of the molecule is CC(C)(C)OC(=O)CC1C2CC(C1OC(=O)OC(C)(C)C)C1C3CC(C4C5C=CC(C5)C34)C21. The number of fused-ring (bicyclic) bond motifs is 16. The monoisotopic (exact) mass is 456 g/mol. The number of ether oxygens (including phenoxy) is 3. The van der Waals surface area contributed by atoms with E-state index in [1.165, 1.54) is 12.8 Å². The van der Waals surface area contributed by atoms with E-state index < -0.39 is 17.4 Å². The molecule has 0 amide bonds. The molecule has 5 nitrogen and oxygen atoms in total. The summed E-state index contributed by atoms with van der Waals surface area (Å²) in [7, 11) is 0. The standard InChI is InChI=1S/C28H40O5/c1-27(2,3)32-20(29)12-16-15-10-19(25(16)31-26(30)33-28(4,5)6)24-18-11-17(23(15)24)21-13-7-8-14(9-13)22(18)21/h7-8,13-19,21-25H,9-12H2,1-6H3. The summed E-state index contributed by atoms with van der Waals surface area (Å²) in [5, 5.41) is 0. The Morgan fingerprint density at radius 3 is 1.85 bits per heavy atom. The molecule has 5 saturated carbocycles. The van der Waals surface area contributed by atoms with Gasteiger partial charge in [-0.25, -0.2) is 4.79 Å². The maximum atomic E-state index is 12.9. The summed E-state index contributed by atoms with van der Waals surface area (Å²) in [6, 6.07) is 0. The van der Waals surface area contributed by atoms with Crippen molar-refractivity contribution in [1.29, 1.82) is 0 Å². The van der Waals surface area contributed by atoms with Crippen LogP contribution < -0.4 is 0 Å². The molecule has 6 bridgehead atoms. The lowest BCUT2D eigenvalue weighted by Gasteiger charge is -2.48. The van der Waals surface area contributed by atoms with E-state index in [1.807, 2.05) is 41.5 Å². The molecule has 6 rings (SSSR count). The summed E-state index contributed by atoms with van der Waals surface area (Å²) in [4.78, 5) is 25.6. The Bertz CT molecular complexity index is 810. The molecule has 5 heteroatoms. The maximum Gasteiger partial charge on any atom is 0.509 e. The fourth-order valence-electron chi connectivity index (χ4n) is 9.74. The van der Waals surface area contributed by atoms with Crippen LogP contribution in [0.5, 0.6) is 0 Å². The van der Waals surface area contributed by atoms with Crippen LogP contribution in [0.2, 0.25) is 0 Å². The molecule has 0 heterocycles. The van der Waals surface area contributed by atoms with E-state index in [2.05, 4.69) is 12.2 Å². The Balaban J connectivity index is 1.26. The van der Waals surface area contributed by atoms with Crippen LogP contribution in [0.4, 0.5) is 4.79 Å². The van der Waals surface area contributed by atoms with Crippen molar-refractivity contribution in [2.45, 2.75) is 84.5 Å². The lowest BCUT2D eigenvalue weighted by atomic mass is 9.58. The quantitative estimate of drug-likeness (QED) is 0.313. The van der Waals surface area contributed by atoms with E-state index in [1.54, 1.807) is 0 Å². The second-order valence-corrected chi connectivity index (χ2v) is 13.9. The van der Waals surface area contributed by atoms with Crippen LogP contribution in [0.25, 0.3) is 0 Å². The summed E-state index contributed by atoms with van der Waals surface area (Å²) >= 11 is 0. The lowest BCUT2D eigenvalue weighted by molar-refractivity contribution is -0.160. The Hall–Kier alpha value is -1.52. The van der Waals surface area contributed by atoms with E-state index in [4.69, 9.17) is 14.2 Å². The van der Waals surface area contributed by atoms with E-state index in [-0.39, 0.29) is 18.0 Å². The number of carbonyl (C=O) groups is 2. The molecular weight excluding hydrogens is 416 g/mol. The zero-order chi connectivity index (χ0) is 23.4. The first-order valence-corrected chi connectivity index (χ1v) is 13.2. The summed E-state index contributed by atoms with van der Waals surface area (Å²) in [6.45, 7) is 11.3. The highest BCUT2D eigenvalue weighted by Crippen LogP contribution is 2.76. The van der Waals surface area contributed by atoms with Gasteiger partial charge in [-0.2, -0.15) is 0 Å². The molecule has 33 heavy (non-hydrogen) atoms. The van der Waals surface area contributed by atoms with Gasteiger partial charge in [0.15, 0.2) is 0 Å². The first kappa shape index (κ1) is 22.0. The van der Waals surface area contributed by atoms with Gasteiger partial charge in [0.1, 0.15) is 17.3 Å². The van der Waals surface area contributed by atoms with Crippen LogP contribution in [-0.4, -0.2) is 29.4 Å². The van der Waals surface area contributed by atoms with Gasteiger partial charge >= 0.3 is 12.1 Å². The van der Waals surface area contributed by atoms with Crippen LogP contribution in [-0.2, 0) is 19.0 Å². The van der Waals surface area contributed by atoms with Gasteiger partial charge in [0, 0.05) is 11.8 Å². The highest BCUT2D eigenvalue weighted by Gasteiger charge is 2.73. The van der Waals surface area contributed by atoms with Crippen LogP contribution >= 0.6 is 0 Å². The van der Waals surface area contributed by atoms with Crippen molar-refractivity contribution < 1.29 is 23.8 Å². The van der Waals surface area contributed by atoms with E-state index in [0.717, 1.165) is 41.9 Å². The third-order valence-corrected chi connectivity index (χ3v) is 9.92. The zero-order valence-electron chi connectivity index (χ0n) is 21.0. The number of allylic oxidation sites excluding steroid dienone is 2. The molecule has 0 aromatic carbocycles. The Morgan fingerprint density at radius 1 is 0.727 bits per heavy atom. The molecule has 0 aromatic rings. The van der Waals surface area contributed by atoms with E-state index >= 15 is 0 Å². The smallest absolute Gasteiger partial charge is 0.460 e. The van der Waals surface area contributed by atoms with Crippen molar-refractivity contribution in [3.05, 3.63) is 12.2 Å². The fourth-order valence-corrected chi connectivity index (χ4v) is 9.74. The van der Waals surface area contributed by atoms with Crippen molar-refractivity contribution in [2.24, 2.45) is 65.1 Å². The summed E-state index contributed by atoms with van der Waals surface area (Å²) in [6.07, 6.45) is 8.31. The first-order valence-electron chi connectivity index (χ1n) is 13.2. The lowest BCUT2D eigenvalue weighted by Crippen LogP contribution is -2.48. The molecule has 12 atom stereocenters. The van der Waals surface area contributed by atoms with Gasteiger partial charge in [-0.1, -0.05) is 12.2 Å². The summed E-state index contributed by atoms with van der Waals surface area (Å²) < 4.78 is 17.3. The molecule has 0 saturated heterocycles. The van der Waals surface area contributed by atoms with Crippen molar-refractivity contribution in [1.82, 2.24) is 0 Å². The molecule has 12 unspecified atom stereocenters. The van der Waals surface area contributed by atoms with Crippen LogP contribution in [0.15, 0.2) is 12.2 Å². The molecule has 6 aliphatic rings. The third kappa shape index (κ3) is 3.38. The largest absolute Gasteiger partial charge is 0.509 e. The minimum absolute atomic E-state index is 0.0468. The van der Waals surface area contributed by atoms with Crippen molar-refractivity contribution in [2.75, 3.05) is 0 Å². The number of hydrogen-bond donors (Lipinski definition) is 0. The molecule has 0 aliphatic heterocycles. The number of esters is 1. The number of rotatable bonds is 3. The summed E-state index contributed by atoms with van der Waals surface area (Å²) in [5.74, 6) is 6.87. The molecule has 5 fully saturated rings. The average molecular weight is 457 g/mol. The van der Waals surface area contributed by atoms with Gasteiger partial charge in [-0.3, -0.25) is 4.79 Å². The predicted octanol–water partition coefficient (Wildman–Crippen LogP) is 5.62. The minimum atomic E-state index is -0.590. The van der Waals surface area contributed by atoms with Crippen molar-refractivity contribution in [3.8, 4) is 0 Å². The van der Waals surface area contributed by atoms with Crippen LogP contribution in [0.1, 0.15) is 67.2 Å². The normalized spacial score (nSPS) is 48.2. The van der Waals surface area contributed by atoms with Gasteiger partial charge < -0.3 is 14.2 Å². The van der Waals surface area contributed by atoms with Gasteiger partial charge in [-0.05, 0) is 114 Å². The molecule has 6 aliphatic carbocycles. The zero-order valence-corrected chi connectivity index (χ0v) is 21.0. The predicted molar refractivity (Wildman–Crippen MR) is 123 cm³/mol. The molecule has 0 aromatic heterocycles. The van der Waals surface area contributed by atoms with E-state index in [0.29, 0.717) is 30.1 Å². The number of hydrogen-bond acceptors (Lipinski definition) is 5. The van der Waals surface area contributed by atoms with Crippen molar-refractivity contribution >= 4 is 12.1 Å². The number of carbonyl (C=O) groups excluding carboxylic acids is 2. The summed E-state index contributed by atoms with van der Waals surface area (Å²) in [5.41, 5.74) is -1.10.